The second-order valence-electron chi connectivity index (χ2n) is 27.5. The summed E-state index contributed by atoms with van der Waals surface area (Å²) in [4.78, 5) is 0. The molecule has 0 saturated heterocycles. The van der Waals surface area contributed by atoms with Crippen molar-refractivity contribution >= 4 is 127 Å². The number of halogens is 8. The van der Waals surface area contributed by atoms with Crippen LogP contribution in [-0.2, 0) is 51.4 Å². The first-order valence-electron chi connectivity index (χ1n) is 38.0. The fraction of sp³-hybridized carbons (Fsp3) is 0.455. The number of unbranched alkanes of at least 4 members (excludes halogenated alkanes) is 8. The Balaban J connectivity index is 0.000000241. The van der Waals surface area contributed by atoms with Crippen molar-refractivity contribution in [2.45, 2.75) is 209 Å². The van der Waals surface area contributed by atoms with Crippen molar-refractivity contribution in [3.05, 3.63) is 222 Å². The van der Waals surface area contributed by atoms with E-state index in [2.05, 4.69) is 280 Å². The minimum Gasteiger partial charge on any atom is -0.493 e. The van der Waals surface area contributed by atoms with Crippen molar-refractivity contribution in [3.8, 4) is 46.0 Å². The van der Waals surface area contributed by atoms with Crippen molar-refractivity contribution in [3.63, 3.8) is 0 Å². The van der Waals surface area contributed by atoms with Crippen LogP contribution in [0.15, 0.2) is 133 Å². The van der Waals surface area contributed by atoms with E-state index in [1.807, 2.05) is 0 Å². The summed E-state index contributed by atoms with van der Waals surface area (Å²) in [5.41, 5.74) is 18.1. The number of rotatable bonds is 32. The lowest BCUT2D eigenvalue weighted by Gasteiger charge is -2.24. The molecule has 0 fully saturated rings. The van der Waals surface area contributed by atoms with E-state index in [4.69, 9.17) is 37.9 Å². The van der Waals surface area contributed by atoms with Crippen LogP contribution in [0.5, 0.6) is 46.0 Å². The molecule has 0 unspecified atom stereocenters. The van der Waals surface area contributed by atoms with Gasteiger partial charge in [-0.25, -0.2) is 0 Å². The molecule has 10 rings (SSSR count). The SMILES string of the molecule is CCCCOc1c2cc(Br)cc1Cc1cc(Br)cc(c1OCCCC)Cc1cc(Br)cc(c1OCCCC)Cc1cc(Br)cc(c1OCCCC)C2.CCCCOc1c2cc(Br)cc1Cc1cc(Br)cc(c1OCCCC)Cc1cc(Br)cc(c1OCCCC)Cc1cc(Br)cc(c1OCCCC)C2. The Bertz CT molecular complexity index is 3160. The van der Waals surface area contributed by atoms with E-state index < -0.39 is 0 Å². The van der Waals surface area contributed by atoms with Crippen LogP contribution < -0.4 is 37.9 Å². The van der Waals surface area contributed by atoms with Crippen LogP contribution in [0.4, 0.5) is 0 Å². The molecule has 2 aliphatic rings. The molecule has 0 heterocycles. The van der Waals surface area contributed by atoms with Crippen LogP contribution in [0.1, 0.15) is 247 Å². The molecule has 0 radical (unpaired) electrons. The van der Waals surface area contributed by atoms with Crippen LogP contribution >= 0.6 is 127 Å². The van der Waals surface area contributed by atoms with Gasteiger partial charge in [0, 0.05) is 176 Å². The maximum atomic E-state index is 6.75. The number of hydrogen-bond donors (Lipinski definition) is 0. The summed E-state index contributed by atoms with van der Waals surface area (Å²) in [6.07, 6.45) is 21.7. The number of fused-ring (bicyclic) bond motifs is 16. The Labute approximate surface area is 688 Å². The molecule has 0 amide bonds. The first kappa shape index (κ1) is 84.0. The van der Waals surface area contributed by atoms with E-state index in [1.165, 1.54) is 0 Å². The lowest BCUT2D eigenvalue weighted by Crippen LogP contribution is -2.11. The largest absolute Gasteiger partial charge is 0.493 e. The van der Waals surface area contributed by atoms with Crippen LogP contribution in [-0.4, -0.2) is 52.9 Å². The molecule has 0 spiro atoms. The smallest absolute Gasteiger partial charge is 0.126 e. The maximum absolute atomic E-state index is 6.75. The molecule has 8 aromatic carbocycles. The molecular weight excluding hydrogens is 1820 g/mol. The van der Waals surface area contributed by atoms with Gasteiger partial charge in [-0.3, -0.25) is 0 Å². The molecule has 16 heteroatoms. The number of hydrogen-bond acceptors (Lipinski definition) is 8. The Morgan fingerprint density at radius 2 is 0.260 bits per heavy atom. The summed E-state index contributed by atoms with van der Waals surface area (Å²) in [5.74, 6) is 7.60. The molecule has 0 atom stereocenters. The molecule has 8 aromatic rings. The maximum Gasteiger partial charge on any atom is 0.126 e. The predicted molar refractivity (Wildman–Crippen MR) is 459 cm³/mol. The van der Waals surface area contributed by atoms with Gasteiger partial charge in [0.1, 0.15) is 46.0 Å². The van der Waals surface area contributed by atoms with Gasteiger partial charge in [0.15, 0.2) is 0 Å². The van der Waals surface area contributed by atoms with E-state index in [0.717, 1.165) is 274 Å². The lowest BCUT2D eigenvalue weighted by molar-refractivity contribution is 0.297. The zero-order valence-electron chi connectivity index (χ0n) is 62.2. The Hall–Kier alpha value is -4.00. The second-order valence-corrected chi connectivity index (χ2v) is 34.8. The first-order chi connectivity index (χ1) is 50.5. The summed E-state index contributed by atoms with van der Waals surface area (Å²) in [6, 6.07) is 35.5. The van der Waals surface area contributed by atoms with Crippen LogP contribution in [0, 0.1) is 0 Å². The van der Waals surface area contributed by atoms with Gasteiger partial charge in [0.25, 0.3) is 0 Å². The zero-order valence-corrected chi connectivity index (χ0v) is 74.8. The van der Waals surface area contributed by atoms with Gasteiger partial charge in [-0.15, -0.1) is 0 Å². The molecule has 560 valence electrons. The Kier molecular flexibility index (Phi) is 35.1. The third-order valence-corrected chi connectivity index (χ3v) is 22.3. The van der Waals surface area contributed by atoms with Crippen molar-refractivity contribution in [2.75, 3.05) is 52.9 Å². The number of benzene rings is 8. The molecule has 104 heavy (non-hydrogen) atoms. The van der Waals surface area contributed by atoms with Crippen LogP contribution in [0.3, 0.4) is 0 Å². The monoisotopic (exact) mass is 1920 g/mol. The minimum atomic E-state index is 0.662. The second kappa shape index (κ2) is 43.4. The van der Waals surface area contributed by atoms with Gasteiger partial charge in [-0.2, -0.15) is 0 Å². The van der Waals surface area contributed by atoms with Gasteiger partial charge in [0.2, 0.25) is 0 Å². The van der Waals surface area contributed by atoms with Crippen molar-refractivity contribution in [1.82, 2.24) is 0 Å². The van der Waals surface area contributed by atoms with Gasteiger partial charge in [0.05, 0.1) is 52.9 Å². The Morgan fingerprint density at radius 1 is 0.173 bits per heavy atom. The highest BCUT2D eigenvalue weighted by Crippen LogP contribution is 2.46. The first-order valence-corrected chi connectivity index (χ1v) is 44.3. The topological polar surface area (TPSA) is 73.8 Å². The molecule has 0 N–H and O–H groups in total. The predicted octanol–water partition coefficient (Wildman–Crippen LogP) is 28.3. The van der Waals surface area contributed by atoms with Gasteiger partial charge in [-0.1, -0.05) is 234 Å². The molecule has 2 aliphatic carbocycles. The number of ether oxygens (including phenoxy) is 8. The zero-order chi connectivity index (χ0) is 74.1. The molecule has 0 aromatic heterocycles. The van der Waals surface area contributed by atoms with Crippen molar-refractivity contribution in [2.24, 2.45) is 0 Å². The quantitative estimate of drug-likeness (QED) is 0.0386. The van der Waals surface area contributed by atoms with Gasteiger partial charge < -0.3 is 37.9 Å². The summed E-state index contributed by atoms with van der Waals surface area (Å²) >= 11 is 31.2. The summed E-state index contributed by atoms with van der Waals surface area (Å²) in [5, 5.41) is 0. The third-order valence-electron chi connectivity index (χ3n) is 18.7. The van der Waals surface area contributed by atoms with Gasteiger partial charge >= 0.3 is 0 Å². The highest BCUT2D eigenvalue weighted by Gasteiger charge is 2.28. The van der Waals surface area contributed by atoms with E-state index >= 15 is 0 Å². The highest BCUT2D eigenvalue weighted by molar-refractivity contribution is 9.11. The van der Waals surface area contributed by atoms with Gasteiger partial charge in [-0.05, 0) is 148 Å². The fourth-order valence-corrected chi connectivity index (χ4v) is 17.9. The minimum absolute atomic E-state index is 0.662. The summed E-state index contributed by atoms with van der Waals surface area (Å²) in [6.45, 7) is 22.9. The van der Waals surface area contributed by atoms with E-state index in [0.29, 0.717) is 104 Å². The highest BCUT2D eigenvalue weighted by atomic mass is 79.9. The third kappa shape index (κ3) is 24.0. The summed E-state index contributed by atoms with van der Waals surface area (Å²) < 4.78 is 62.3. The molecule has 0 aliphatic heterocycles. The fourth-order valence-electron chi connectivity index (χ4n) is 13.5. The Morgan fingerprint density at radius 3 is 0.337 bits per heavy atom. The van der Waals surface area contributed by atoms with E-state index in [1.54, 1.807) is 0 Å². The van der Waals surface area contributed by atoms with E-state index in [9.17, 15) is 0 Å². The molecular formula is C88H104Br8O8. The van der Waals surface area contributed by atoms with Crippen molar-refractivity contribution < 1.29 is 37.9 Å². The summed E-state index contributed by atoms with van der Waals surface area (Å²) in [7, 11) is 0. The normalized spacial score (nSPS) is 12.5. The molecule has 8 nitrogen and oxygen atoms in total. The van der Waals surface area contributed by atoms with Crippen LogP contribution in [0.2, 0.25) is 0 Å². The standard InChI is InChI=1S/2C44H52Br4O4/c2*1-5-9-13-49-41-29-17-31-23-38(46)25-33(42(31)50-14-10-6-2)19-35-27-40(48)28-36(44(35)52-16-12-8-4)20-34-26-39(47)24-32(43(34)51-15-11-7-3)18-30(41)22-37(45)21-29/h2*21-28H,5-20H2,1-4H3. The van der Waals surface area contributed by atoms with Crippen molar-refractivity contribution in [1.29, 1.82) is 0 Å². The van der Waals surface area contributed by atoms with Crippen LogP contribution in [0.25, 0.3) is 0 Å². The average Bonchev–Trinajstić information content (AvgIpc) is 0.779. The lowest BCUT2D eigenvalue weighted by atomic mass is 9.91. The molecule has 16 bridgehead atoms. The average molecular weight is 1930 g/mol. The van der Waals surface area contributed by atoms with E-state index in [-0.39, 0.29) is 0 Å². The molecule has 0 saturated carbocycles.